The van der Waals surface area contributed by atoms with Crippen molar-refractivity contribution in [3.05, 3.63) is 29.3 Å². The summed E-state index contributed by atoms with van der Waals surface area (Å²) in [7, 11) is 0. The molecule has 1 amide bonds. The molecule has 0 bridgehead atoms. The molecule has 4 heteroatoms. The van der Waals surface area contributed by atoms with Gasteiger partial charge in [-0.2, -0.15) is 0 Å². The van der Waals surface area contributed by atoms with Gasteiger partial charge in [0.15, 0.2) is 0 Å². The van der Waals surface area contributed by atoms with Crippen LogP contribution in [0.1, 0.15) is 42.6 Å². The molecule has 1 fully saturated rings. The third kappa shape index (κ3) is 3.21. The Balaban J connectivity index is 0.00000180. The van der Waals surface area contributed by atoms with Crippen LogP contribution in [0.5, 0.6) is 0 Å². The maximum Gasteiger partial charge on any atom is 0.254 e. The third-order valence-corrected chi connectivity index (χ3v) is 4.13. The van der Waals surface area contributed by atoms with E-state index in [9.17, 15) is 4.79 Å². The maximum absolute atomic E-state index is 12.6. The van der Waals surface area contributed by atoms with Crippen LogP contribution in [0.25, 0.3) is 0 Å². The summed E-state index contributed by atoms with van der Waals surface area (Å²) in [6.07, 6.45) is 2.31. The number of hydrogen-bond donors (Lipinski definition) is 1. The molecule has 0 radical (unpaired) electrons. The molecule has 0 aromatic heterocycles. The van der Waals surface area contributed by atoms with Crippen molar-refractivity contribution in [1.29, 1.82) is 0 Å². The van der Waals surface area contributed by atoms with Gasteiger partial charge in [0.25, 0.3) is 5.91 Å². The molecule has 1 aromatic carbocycles. The first-order valence-corrected chi connectivity index (χ1v) is 6.68. The van der Waals surface area contributed by atoms with Crippen molar-refractivity contribution in [3.63, 3.8) is 0 Å². The van der Waals surface area contributed by atoms with E-state index in [0.29, 0.717) is 17.6 Å². The molecule has 1 saturated heterocycles. The number of amides is 1. The number of nitrogens with two attached hydrogens (primary N) is 1. The Hall–Kier alpha value is -1.22. The number of anilines is 1. The largest absolute Gasteiger partial charge is 0.399 e. The number of halogens is 1. The number of hydrogen-bond acceptors (Lipinski definition) is 2. The summed E-state index contributed by atoms with van der Waals surface area (Å²) in [6.45, 7) is 7.18. The van der Waals surface area contributed by atoms with Gasteiger partial charge in [-0.05, 0) is 50.3 Å². The summed E-state index contributed by atoms with van der Waals surface area (Å²) in [6, 6.07) is 5.87. The Labute approximate surface area is 121 Å². The number of carbonyl (C=O) groups is 1. The van der Waals surface area contributed by atoms with Gasteiger partial charge >= 0.3 is 0 Å². The fourth-order valence-electron chi connectivity index (χ4n) is 2.65. The minimum atomic E-state index is 0. The highest BCUT2D eigenvalue weighted by Crippen LogP contribution is 2.25. The fraction of sp³-hybridized carbons (Fsp3) is 0.533. The standard InChI is InChI=1S/C15H22N2O.ClH/c1-10-5-4-8-17(12(10)3)15(18)14-9-13(16)7-6-11(14)2;/h6-7,9-10,12H,4-5,8,16H2,1-3H3;1H. The fourth-order valence-corrected chi connectivity index (χ4v) is 2.65. The van der Waals surface area contributed by atoms with E-state index >= 15 is 0 Å². The maximum atomic E-state index is 12.6. The molecule has 2 N–H and O–H groups in total. The highest BCUT2D eigenvalue weighted by molar-refractivity contribution is 5.96. The summed E-state index contributed by atoms with van der Waals surface area (Å²) < 4.78 is 0. The highest BCUT2D eigenvalue weighted by Gasteiger charge is 2.29. The number of carbonyl (C=O) groups excluding carboxylic acids is 1. The van der Waals surface area contributed by atoms with Gasteiger partial charge in [0.1, 0.15) is 0 Å². The van der Waals surface area contributed by atoms with Crippen molar-refractivity contribution in [2.75, 3.05) is 12.3 Å². The van der Waals surface area contributed by atoms with Crippen LogP contribution in [0.15, 0.2) is 18.2 Å². The van der Waals surface area contributed by atoms with Crippen LogP contribution in [0.3, 0.4) is 0 Å². The van der Waals surface area contributed by atoms with E-state index in [1.165, 1.54) is 6.42 Å². The zero-order valence-electron chi connectivity index (χ0n) is 11.8. The summed E-state index contributed by atoms with van der Waals surface area (Å²) in [5.74, 6) is 0.697. The van der Waals surface area contributed by atoms with Gasteiger partial charge in [0.05, 0.1) is 0 Å². The molecule has 1 aromatic rings. The van der Waals surface area contributed by atoms with Crippen LogP contribution in [0, 0.1) is 12.8 Å². The molecular formula is C15H23ClN2O. The second-order valence-corrected chi connectivity index (χ2v) is 5.43. The average Bonchev–Trinajstić information content (AvgIpc) is 2.35. The first-order chi connectivity index (χ1) is 8.50. The SMILES string of the molecule is Cc1ccc(N)cc1C(=O)N1CCCC(C)C1C.Cl. The normalized spacial score (nSPS) is 22.8. The van der Waals surface area contributed by atoms with Gasteiger partial charge in [0.2, 0.25) is 0 Å². The van der Waals surface area contributed by atoms with E-state index < -0.39 is 0 Å². The van der Waals surface area contributed by atoms with Gasteiger partial charge in [-0.3, -0.25) is 4.79 Å². The topological polar surface area (TPSA) is 46.3 Å². The molecule has 2 atom stereocenters. The van der Waals surface area contributed by atoms with E-state index in [1.54, 1.807) is 6.07 Å². The second kappa shape index (κ2) is 6.29. The van der Waals surface area contributed by atoms with E-state index in [0.717, 1.165) is 24.1 Å². The van der Waals surface area contributed by atoms with Gasteiger partial charge in [-0.25, -0.2) is 0 Å². The summed E-state index contributed by atoms with van der Waals surface area (Å²) in [5, 5.41) is 0. The van der Waals surface area contributed by atoms with Crippen molar-refractivity contribution < 1.29 is 4.79 Å². The lowest BCUT2D eigenvalue weighted by Crippen LogP contribution is -2.46. The van der Waals surface area contributed by atoms with E-state index in [4.69, 9.17) is 5.73 Å². The molecular weight excluding hydrogens is 260 g/mol. The van der Waals surface area contributed by atoms with Crippen LogP contribution < -0.4 is 5.73 Å². The molecule has 106 valence electrons. The molecule has 2 rings (SSSR count). The molecule has 3 nitrogen and oxygen atoms in total. The molecule has 0 spiro atoms. The number of aryl methyl sites for hydroxylation is 1. The molecule has 1 aliphatic rings. The number of nitrogen functional groups attached to an aromatic ring is 1. The predicted octanol–water partition coefficient (Wildman–Crippen LogP) is 3.26. The van der Waals surface area contributed by atoms with Crippen LogP contribution in [0.2, 0.25) is 0 Å². The van der Waals surface area contributed by atoms with E-state index in [-0.39, 0.29) is 18.3 Å². The molecule has 0 saturated carbocycles. The first kappa shape index (κ1) is 15.8. The second-order valence-electron chi connectivity index (χ2n) is 5.43. The quantitative estimate of drug-likeness (QED) is 0.804. The van der Waals surface area contributed by atoms with Crippen LogP contribution in [-0.2, 0) is 0 Å². The molecule has 2 unspecified atom stereocenters. The Morgan fingerprint density at radius 3 is 2.74 bits per heavy atom. The van der Waals surface area contributed by atoms with Crippen LogP contribution in [-0.4, -0.2) is 23.4 Å². The summed E-state index contributed by atoms with van der Waals surface area (Å²) in [4.78, 5) is 14.6. The zero-order chi connectivity index (χ0) is 13.3. The number of benzene rings is 1. The minimum Gasteiger partial charge on any atom is -0.399 e. The summed E-state index contributed by atoms with van der Waals surface area (Å²) >= 11 is 0. The smallest absolute Gasteiger partial charge is 0.254 e. The van der Waals surface area contributed by atoms with Crippen molar-refractivity contribution in [2.24, 2.45) is 5.92 Å². The van der Waals surface area contributed by atoms with E-state index in [1.807, 2.05) is 24.0 Å². The molecule has 19 heavy (non-hydrogen) atoms. The Morgan fingerprint density at radius 1 is 1.37 bits per heavy atom. The highest BCUT2D eigenvalue weighted by atomic mass is 35.5. The Bertz CT molecular complexity index is 461. The lowest BCUT2D eigenvalue weighted by atomic mass is 9.91. The van der Waals surface area contributed by atoms with Gasteiger partial charge in [0, 0.05) is 23.8 Å². The molecule has 1 aliphatic heterocycles. The van der Waals surface area contributed by atoms with Gasteiger partial charge in [-0.1, -0.05) is 13.0 Å². The number of nitrogens with zero attached hydrogens (tertiary/aromatic N) is 1. The first-order valence-electron chi connectivity index (χ1n) is 6.68. The van der Waals surface area contributed by atoms with Gasteiger partial charge in [-0.15, -0.1) is 12.4 Å². The van der Waals surface area contributed by atoms with Crippen LogP contribution >= 0.6 is 12.4 Å². The molecule has 0 aliphatic carbocycles. The number of rotatable bonds is 1. The van der Waals surface area contributed by atoms with Crippen molar-refractivity contribution >= 4 is 24.0 Å². The number of piperidine rings is 1. The average molecular weight is 283 g/mol. The summed E-state index contributed by atoms with van der Waals surface area (Å²) in [5.41, 5.74) is 8.19. The van der Waals surface area contributed by atoms with Crippen molar-refractivity contribution in [3.8, 4) is 0 Å². The zero-order valence-corrected chi connectivity index (χ0v) is 12.7. The van der Waals surface area contributed by atoms with Crippen molar-refractivity contribution in [1.82, 2.24) is 4.90 Å². The number of likely N-dealkylation sites (tertiary alicyclic amines) is 1. The molecule has 1 heterocycles. The van der Waals surface area contributed by atoms with Gasteiger partial charge < -0.3 is 10.6 Å². The monoisotopic (exact) mass is 282 g/mol. The predicted molar refractivity (Wildman–Crippen MR) is 81.7 cm³/mol. The Morgan fingerprint density at radius 2 is 2.05 bits per heavy atom. The Kier molecular flexibility index (Phi) is 5.24. The van der Waals surface area contributed by atoms with Crippen LogP contribution in [0.4, 0.5) is 5.69 Å². The lowest BCUT2D eigenvalue weighted by Gasteiger charge is -2.38. The lowest BCUT2D eigenvalue weighted by molar-refractivity contribution is 0.0550. The van der Waals surface area contributed by atoms with E-state index in [2.05, 4.69) is 13.8 Å². The van der Waals surface area contributed by atoms with Crippen molar-refractivity contribution in [2.45, 2.75) is 39.7 Å². The minimum absolute atomic E-state index is 0. The third-order valence-electron chi connectivity index (χ3n) is 4.13.